The predicted molar refractivity (Wildman–Crippen MR) is 143 cm³/mol. The number of fused-ring (bicyclic) bond motifs is 5. The highest BCUT2D eigenvalue weighted by atomic mass is 32.1. The highest BCUT2D eigenvalue weighted by Gasteiger charge is 2.36. The molecule has 1 N–H and O–H groups in total. The summed E-state index contributed by atoms with van der Waals surface area (Å²) in [4.78, 5) is 22.9. The Morgan fingerprint density at radius 1 is 1.00 bits per heavy atom. The molecule has 0 aromatic carbocycles. The minimum absolute atomic E-state index is 0.0858. The Morgan fingerprint density at radius 2 is 1.72 bits per heavy atom. The standard InChI is InChI=1S/C26H36N6O3S/c1-26(2)15-18-19(16-26)23(32-8-13-35-14-9-32)29-25-20(18)21-22(36-25)24(28-17-27-21)31(5-10-33)4-3-30-6-11-34-12-7-30/h17,33H,3-16H2,1-2H3. The summed E-state index contributed by atoms with van der Waals surface area (Å²) < 4.78 is 12.2. The van der Waals surface area contributed by atoms with E-state index >= 15 is 0 Å². The van der Waals surface area contributed by atoms with Crippen LogP contribution in [0.5, 0.6) is 0 Å². The molecular weight excluding hydrogens is 476 g/mol. The van der Waals surface area contributed by atoms with Gasteiger partial charge in [0, 0.05) is 51.2 Å². The molecule has 3 aromatic heterocycles. The van der Waals surface area contributed by atoms with Crippen LogP contribution in [0.4, 0.5) is 11.6 Å². The molecule has 0 amide bonds. The Labute approximate surface area is 216 Å². The lowest BCUT2D eigenvalue weighted by Crippen LogP contribution is -2.42. The summed E-state index contributed by atoms with van der Waals surface area (Å²) in [5.41, 5.74) is 3.99. The lowest BCUT2D eigenvalue weighted by Gasteiger charge is -2.30. The van der Waals surface area contributed by atoms with Gasteiger partial charge in [-0.25, -0.2) is 15.0 Å². The number of hydrogen-bond acceptors (Lipinski definition) is 10. The van der Waals surface area contributed by atoms with Crippen LogP contribution in [-0.4, -0.2) is 104 Å². The number of aromatic nitrogens is 3. The van der Waals surface area contributed by atoms with Gasteiger partial charge in [-0.3, -0.25) is 4.90 Å². The number of hydrogen-bond donors (Lipinski definition) is 1. The number of nitrogens with zero attached hydrogens (tertiary/aromatic N) is 6. The molecule has 0 spiro atoms. The Balaban J connectivity index is 1.43. The molecule has 2 fully saturated rings. The molecule has 6 rings (SSSR count). The van der Waals surface area contributed by atoms with Gasteiger partial charge >= 0.3 is 0 Å². The molecule has 5 heterocycles. The molecule has 1 aliphatic carbocycles. The number of anilines is 2. The van der Waals surface area contributed by atoms with Crippen LogP contribution in [0.3, 0.4) is 0 Å². The van der Waals surface area contributed by atoms with Crippen molar-refractivity contribution in [2.45, 2.75) is 26.7 Å². The van der Waals surface area contributed by atoms with Gasteiger partial charge in [-0.05, 0) is 29.4 Å². The van der Waals surface area contributed by atoms with E-state index in [-0.39, 0.29) is 12.0 Å². The van der Waals surface area contributed by atoms with E-state index in [4.69, 9.17) is 24.4 Å². The molecule has 2 saturated heterocycles. The zero-order valence-corrected chi connectivity index (χ0v) is 22.1. The van der Waals surface area contributed by atoms with E-state index in [0.717, 1.165) is 105 Å². The van der Waals surface area contributed by atoms with Crippen LogP contribution in [0.1, 0.15) is 25.0 Å². The molecule has 36 heavy (non-hydrogen) atoms. The number of ether oxygens (including phenoxy) is 2. The fourth-order valence-electron chi connectivity index (χ4n) is 5.88. The van der Waals surface area contributed by atoms with E-state index in [0.29, 0.717) is 6.54 Å². The maximum absolute atomic E-state index is 9.87. The monoisotopic (exact) mass is 512 g/mol. The minimum Gasteiger partial charge on any atom is -0.395 e. The first kappa shape index (κ1) is 24.2. The number of aliphatic hydroxyl groups excluding tert-OH is 1. The van der Waals surface area contributed by atoms with Crippen molar-refractivity contribution in [1.82, 2.24) is 19.9 Å². The fourth-order valence-corrected chi connectivity index (χ4v) is 7.05. The molecule has 0 saturated carbocycles. The van der Waals surface area contributed by atoms with E-state index in [1.807, 2.05) is 0 Å². The van der Waals surface area contributed by atoms with Crippen LogP contribution in [0.15, 0.2) is 6.33 Å². The second kappa shape index (κ2) is 9.98. The maximum Gasteiger partial charge on any atom is 0.150 e. The van der Waals surface area contributed by atoms with Crippen LogP contribution in [0, 0.1) is 5.41 Å². The number of thiophene rings is 1. The number of pyridine rings is 1. The summed E-state index contributed by atoms with van der Waals surface area (Å²) in [5.74, 6) is 2.04. The molecule has 10 heteroatoms. The average molecular weight is 513 g/mol. The summed E-state index contributed by atoms with van der Waals surface area (Å²) in [6.07, 6.45) is 3.75. The summed E-state index contributed by atoms with van der Waals surface area (Å²) in [5, 5.41) is 11.1. The van der Waals surface area contributed by atoms with Crippen molar-refractivity contribution in [3.8, 4) is 0 Å². The van der Waals surface area contributed by atoms with Crippen LogP contribution in [-0.2, 0) is 22.3 Å². The van der Waals surface area contributed by atoms with E-state index in [9.17, 15) is 5.11 Å². The van der Waals surface area contributed by atoms with Crippen LogP contribution >= 0.6 is 11.3 Å². The largest absolute Gasteiger partial charge is 0.395 e. The van der Waals surface area contributed by atoms with Crippen molar-refractivity contribution >= 4 is 43.4 Å². The van der Waals surface area contributed by atoms with Crippen molar-refractivity contribution < 1.29 is 14.6 Å². The number of rotatable bonds is 7. The van der Waals surface area contributed by atoms with Gasteiger partial charge in [0.1, 0.15) is 22.8 Å². The van der Waals surface area contributed by atoms with Gasteiger partial charge < -0.3 is 24.4 Å². The highest BCUT2D eigenvalue weighted by Crippen LogP contribution is 2.48. The molecule has 194 valence electrons. The van der Waals surface area contributed by atoms with Gasteiger partial charge in [0.2, 0.25) is 0 Å². The third kappa shape index (κ3) is 4.54. The zero-order valence-electron chi connectivity index (χ0n) is 21.3. The van der Waals surface area contributed by atoms with Gasteiger partial charge in [-0.15, -0.1) is 11.3 Å². The lowest BCUT2D eigenvalue weighted by atomic mass is 9.90. The molecule has 2 aliphatic heterocycles. The lowest BCUT2D eigenvalue weighted by molar-refractivity contribution is 0.0391. The van der Waals surface area contributed by atoms with Gasteiger partial charge in [0.25, 0.3) is 0 Å². The first-order valence-electron chi connectivity index (χ1n) is 13.1. The Hall–Kier alpha value is -2.11. The zero-order chi connectivity index (χ0) is 24.7. The van der Waals surface area contributed by atoms with Crippen LogP contribution in [0.25, 0.3) is 20.4 Å². The van der Waals surface area contributed by atoms with Crippen LogP contribution in [0.2, 0.25) is 0 Å². The summed E-state index contributed by atoms with van der Waals surface area (Å²) in [7, 11) is 0. The molecule has 3 aliphatic rings. The van der Waals surface area contributed by atoms with Crippen LogP contribution < -0.4 is 9.80 Å². The van der Waals surface area contributed by atoms with E-state index in [1.54, 1.807) is 17.7 Å². The van der Waals surface area contributed by atoms with Gasteiger partial charge in [0.15, 0.2) is 0 Å². The molecule has 0 unspecified atom stereocenters. The highest BCUT2D eigenvalue weighted by molar-refractivity contribution is 7.26. The molecular formula is C26H36N6O3S. The Kier molecular flexibility index (Phi) is 6.72. The predicted octanol–water partition coefficient (Wildman–Crippen LogP) is 2.33. The van der Waals surface area contributed by atoms with Gasteiger partial charge in [0.05, 0.1) is 43.3 Å². The quantitative estimate of drug-likeness (QED) is 0.513. The molecule has 0 bridgehead atoms. The number of aliphatic hydroxyl groups is 1. The minimum atomic E-state index is 0.0858. The maximum atomic E-state index is 9.87. The average Bonchev–Trinajstić information content (AvgIpc) is 3.43. The van der Waals surface area contributed by atoms with Crippen molar-refractivity contribution in [3.05, 3.63) is 17.5 Å². The third-order valence-electron chi connectivity index (χ3n) is 7.66. The van der Waals surface area contributed by atoms with Gasteiger partial charge in [-0.1, -0.05) is 13.8 Å². The summed E-state index contributed by atoms with van der Waals surface area (Å²) in [6.45, 7) is 13.8. The second-order valence-electron chi connectivity index (χ2n) is 10.8. The molecule has 3 aromatic rings. The van der Waals surface area contributed by atoms with Gasteiger partial charge in [-0.2, -0.15) is 0 Å². The smallest absolute Gasteiger partial charge is 0.150 e. The Bertz CT molecular complexity index is 1240. The SMILES string of the molecule is CC1(C)Cc2c(N3CCOCC3)nc3sc4c(N(CCO)CCN5CCOCC5)ncnc4c3c2C1. The fraction of sp³-hybridized carbons (Fsp3) is 0.654. The topological polar surface area (TPSA) is 87.1 Å². The van der Waals surface area contributed by atoms with Crippen molar-refractivity contribution in [2.75, 3.05) is 88.6 Å². The van der Waals surface area contributed by atoms with Crippen molar-refractivity contribution in [1.29, 1.82) is 0 Å². The summed E-state index contributed by atoms with van der Waals surface area (Å²) >= 11 is 1.70. The van der Waals surface area contributed by atoms with Crippen molar-refractivity contribution in [3.63, 3.8) is 0 Å². The normalized spacial score (nSPS) is 20.4. The first-order chi connectivity index (χ1) is 17.5. The van der Waals surface area contributed by atoms with Crippen molar-refractivity contribution in [2.24, 2.45) is 5.41 Å². The molecule has 9 nitrogen and oxygen atoms in total. The van der Waals surface area contributed by atoms with E-state index < -0.39 is 0 Å². The second-order valence-corrected chi connectivity index (χ2v) is 11.8. The third-order valence-corrected chi connectivity index (χ3v) is 8.73. The molecule has 0 radical (unpaired) electrons. The Morgan fingerprint density at radius 3 is 2.47 bits per heavy atom. The summed E-state index contributed by atoms with van der Waals surface area (Å²) in [6, 6.07) is 0. The van der Waals surface area contributed by atoms with E-state index in [1.165, 1.54) is 16.5 Å². The molecule has 0 atom stereocenters. The number of morpholine rings is 2. The first-order valence-corrected chi connectivity index (χ1v) is 13.9. The van der Waals surface area contributed by atoms with E-state index in [2.05, 4.69) is 28.5 Å².